The van der Waals surface area contributed by atoms with Crippen molar-refractivity contribution in [2.45, 2.75) is 13.0 Å². The van der Waals surface area contributed by atoms with Crippen LogP contribution in [0.5, 0.6) is 0 Å². The van der Waals surface area contributed by atoms with E-state index in [1.165, 1.54) is 11.3 Å². The van der Waals surface area contributed by atoms with Crippen molar-refractivity contribution in [1.29, 1.82) is 0 Å². The van der Waals surface area contributed by atoms with E-state index in [1.807, 2.05) is 30.5 Å². The molecule has 0 unspecified atom stereocenters. The van der Waals surface area contributed by atoms with E-state index in [2.05, 4.69) is 28.1 Å². The van der Waals surface area contributed by atoms with E-state index in [-0.39, 0.29) is 0 Å². The summed E-state index contributed by atoms with van der Waals surface area (Å²) < 4.78 is 0. The number of thiocarbonyl (C=S) groups is 1. The van der Waals surface area contributed by atoms with Crippen LogP contribution in [0.4, 0.5) is 5.69 Å². The second kappa shape index (κ2) is 6.85. The van der Waals surface area contributed by atoms with Gasteiger partial charge in [0, 0.05) is 37.6 Å². The van der Waals surface area contributed by atoms with Crippen molar-refractivity contribution in [3.05, 3.63) is 60.4 Å². The Morgan fingerprint density at radius 2 is 1.95 bits per heavy atom. The average molecular weight is 271 g/mol. The van der Waals surface area contributed by atoms with Crippen LogP contribution in [0.2, 0.25) is 0 Å². The smallest absolute Gasteiger partial charge is 0.0745 e. The monoisotopic (exact) mass is 271 g/mol. The molecule has 19 heavy (non-hydrogen) atoms. The molecule has 0 amide bonds. The molecule has 0 aliphatic carbocycles. The number of para-hydroxylation sites is 1. The van der Waals surface area contributed by atoms with E-state index >= 15 is 0 Å². The predicted molar refractivity (Wildman–Crippen MR) is 83.1 cm³/mol. The summed E-state index contributed by atoms with van der Waals surface area (Å²) in [5.74, 6) is 0. The summed E-state index contributed by atoms with van der Waals surface area (Å²) in [6.07, 6.45) is 4.38. The summed E-state index contributed by atoms with van der Waals surface area (Å²) in [7, 11) is 0. The number of rotatable bonds is 6. The van der Waals surface area contributed by atoms with Crippen LogP contribution in [0.1, 0.15) is 12.0 Å². The van der Waals surface area contributed by atoms with Crippen molar-refractivity contribution in [3.8, 4) is 0 Å². The van der Waals surface area contributed by atoms with E-state index in [0.717, 1.165) is 13.1 Å². The highest BCUT2D eigenvalue weighted by Gasteiger charge is 2.07. The Kier molecular flexibility index (Phi) is 4.86. The Labute approximate surface area is 119 Å². The number of aromatic nitrogens is 1. The molecule has 0 saturated carbocycles. The Morgan fingerprint density at radius 1 is 1.16 bits per heavy atom. The molecular formula is C15H17N3S. The van der Waals surface area contributed by atoms with Crippen LogP contribution in [0.25, 0.3) is 0 Å². The molecule has 2 rings (SSSR count). The molecule has 0 radical (unpaired) electrons. The third kappa shape index (κ3) is 4.34. The van der Waals surface area contributed by atoms with Crippen LogP contribution in [0.3, 0.4) is 0 Å². The minimum absolute atomic E-state index is 0.548. The molecule has 0 saturated heterocycles. The van der Waals surface area contributed by atoms with Crippen molar-refractivity contribution >= 4 is 22.9 Å². The molecule has 4 heteroatoms. The lowest BCUT2D eigenvalue weighted by atomic mass is 10.2. The molecule has 0 bridgehead atoms. The van der Waals surface area contributed by atoms with E-state index in [0.29, 0.717) is 11.4 Å². The van der Waals surface area contributed by atoms with Gasteiger partial charge in [0.1, 0.15) is 0 Å². The van der Waals surface area contributed by atoms with Gasteiger partial charge in [0.15, 0.2) is 0 Å². The van der Waals surface area contributed by atoms with Gasteiger partial charge in [0.2, 0.25) is 0 Å². The van der Waals surface area contributed by atoms with Gasteiger partial charge in [-0.3, -0.25) is 4.98 Å². The summed E-state index contributed by atoms with van der Waals surface area (Å²) in [6.45, 7) is 1.62. The van der Waals surface area contributed by atoms with Gasteiger partial charge in [-0.2, -0.15) is 0 Å². The van der Waals surface area contributed by atoms with Gasteiger partial charge in [0.05, 0.1) is 4.99 Å². The zero-order chi connectivity index (χ0) is 13.5. The number of nitrogens with two attached hydrogens (primary N) is 1. The minimum atomic E-state index is 0.548. The first kappa shape index (κ1) is 13.5. The first-order valence-corrected chi connectivity index (χ1v) is 6.64. The van der Waals surface area contributed by atoms with E-state index in [1.54, 1.807) is 6.20 Å². The molecule has 0 aliphatic heterocycles. The van der Waals surface area contributed by atoms with E-state index < -0.39 is 0 Å². The lowest BCUT2D eigenvalue weighted by Crippen LogP contribution is -2.27. The Hall–Kier alpha value is -1.94. The Bertz CT molecular complexity index is 513. The maximum absolute atomic E-state index is 5.60. The second-order valence-corrected chi connectivity index (χ2v) is 4.86. The molecule has 1 heterocycles. The third-order valence-electron chi connectivity index (χ3n) is 2.85. The van der Waals surface area contributed by atoms with Gasteiger partial charge in [-0.1, -0.05) is 36.5 Å². The average Bonchev–Trinajstić information content (AvgIpc) is 2.45. The van der Waals surface area contributed by atoms with Crippen molar-refractivity contribution in [3.63, 3.8) is 0 Å². The summed E-state index contributed by atoms with van der Waals surface area (Å²) in [5.41, 5.74) is 7.95. The van der Waals surface area contributed by atoms with E-state index in [9.17, 15) is 0 Å². The van der Waals surface area contributed by atoms with Crippen molar-refractivity contribution < 1.29 is 0 Å². The maximum Gasteiger partial charge on any atom is 0.0745 e. The maximum atomic E-state index is 5.60. The molecule has 0 atom stereocenters. The highest BCUT2D eigenvalue weighted by molar-refractivity contribution is 7.80. The van der Waals surface area contributed by atoms with Crippen molar-refractivity contribution in [2.24, 2.45) is 5.73 Å². The van der Waals surface area contributed by atoms with Crippen LogP contribution in [-0.4, -0.2) is 16.5 Å². The third-order valence-corrected chi connectivity index (χ3v) is 3.05. The SMILES string of the molecule is NC(=S)CCN(Cc1cccnc1)c1ccccc1. The second-order valence-electron chi connectivity index (χ2n) is 4.33. The Balaban J connectivity index is 2.12. The standard InChI is InChI=1S/C15H17N3S/c16-15(19)8-10-18(14-6-2-1-3-7-14)12-13-5-4-9-17-11-13/h1-7,9,11H,8,10,12H2,(H2,16,19). The largest absolute Gasteiger partial charge is 0.393 e. The quantitative estimate of drug-likeness (QED) is 0.820. The van der Waals surface area contributed by atoms with Gasteiger partial charge in [-0.05, 0) is 23.8 Å². The fourth-order valence-electron chi connectivity index (χ4n) is 1.90. The number of hydrogen-bond acceptors (Lipinski definition) is 3. The number of anilines is 1. The zero-order valence-electron chi connectivity index (χ0n) is 10.7. The number of nitrogens with zero attached hydrogens (tertiary/aromatic N) is 2. The number of hydrogen-bond donors (Lipinski definition) is 1. The fourth-order valence-corrected chi connectivity index (χ4v) is 1.99. The summed E-state index contributed by atoms with van der Waals surface area (Å²) >= 11 is 4.97. The molecule has 1 aromatic carbocycles. The van der Waals surface area contributed by atoms with Gasteiger partial charge in [-0.25, -0.2) is 0 Å². The number of benzene rings is 1. The molecule has 2 aromatic rings. The van der Waals surface area contributed by atoms with Crippen LogP contribution in [-0.2, 0) is 6.54 Å². The molecule has 0 fully saturated rings. The van der Waals surface area contributed by atoms with Crippen LogP contribution in [0.15, 0.2) is 54.9 Å². The molecule has 98 valence electrons. The predicted octanol–water partition coefficient (Wildman–Crippen LogP) is 2.76. The summed E-state index contributed by atoms with van der Waals surface area (Å²) in [5, 5.41) is 0. The molecule has 1 aromatic heterocycles. The van der Waals surface area contributed by atoms with Crippen LogP contribution in [0, 0.1) is 0 Å². The first-order valence-electron chi connectivity index (χ1n) is 6.23. The molecule has 0 aliphatic rings. The Morgan fingerprint density at radius 3 is 2.58 bits per heavy atom. The molecule has 3 nitrogen and oxygen atoms in total. The van der Waals surface area contributed by atoms with E-state index in [4.69, 9.17) is 18.0 Å². The van der Waals surface area contributed by atoms with Gasteiger partial charge < -0.3 is 10.6 Å². The summed E-state index contributed by atoms with van der Waals surface area (Å²) in [6, 6.07) is 14.3. The van der Waals surface area contributed by atoms with Crippen LogP contribution < -0.4 is 10.6 Å². The first-order chi connectivity index (χ1) is 9.25. The topological polar surface area (TPSA) is 42.1 Å². The van der Waals surface area contributed by atoms with Crippen molar-refractivity contribution in [1.82, 2.24) is 4.98 Å². The molecule has 2 N–H and O–H groups in total. The molecule has 0 spiro atoms. The minimum Gasteiger partial charge on any atom is -0.393 e. The molecular weight excluding hydrogens is 254 g/mol. The van der Waals surface area contributed by atoms with Crippen LogP contribution >= 0.6 is 12.2 Å². The normalized spacial score (nSPS) is 10.1. The summed E-state index contributed by atoms with van der Waals surface area (Å²) in [4.78, 5) is 6.96. The van der Waals surface area contributed by atoms with Crippen molar-refractivity contribution in [2.75, 3.05) is 11.4 Å². The lowest BCUT2D eigenvalue weighted by molar-refractivity contribution is 0.804. The highest BCUT2D eigenvalue weighted by Crippen LogP contribution is 2.16. The van der Waals surface area contributed by atoms with Gasteiger partial charge in [0.25, 0.3) is 0 Å². The number of pyridine rings is 1. The zero-order valence-corrected chi connectivity index (χ0v) is 11.5. The van der Waals surface area contributed by atoms with Gasteiger partial charge in [-0.15, -0.1) is 0 Å². The highest BCUT2D eigenvalue weighted by atomic mass is 32.1. The van der Waals surface area contributed by atoms with Gasteiger partial charge >= 0.3 is 0 Å². The fraction of sp³-hybridized carbons (Fsp3) is 0.200. The lowest BCUT2D eigenvalue weighted by Gasteiger charge is -2.24.